The first kappa shape index (κ1) is 107. The van der Waals surface area contributed by atoms with Crippen LogP contribution in [-0.4, -0.2) is 206 Å². The van der Waals surface area contributed by atoms with Gasteiger partial charge in [-0.05, 0) is 167 Å². The molecule has 8 aromatic rings. The van der Waals surface area contributed by atoms with Gasteiger partial charge in [0.05, 0.1) is 75.9 Å². The van der Waals surface area contributed by atoms with Crippen molar-refractivity contribution in [3.05, 3.63) is 278 Å². The Morgan fingerprint density at radius 1 is 0.215 bits per heavy atom. The Kier molecular flexibility index (Phi) is 44.8. The van der Waals surface area contributed by atoms with Gasteiger partial charge in [0.25, 0.3) is 0 Å². The van der Waals surface area contributed by atoms with E-state index in [0.717, 1.165) is 111 Å². The topological polar surface area (TPSA) is 297 Å². The van der Waals surface area contributed by atoms with Crippen molar-refractivity contribution < 1.29 is 150 Å². The van der Waals surface area contributed by atoms with Crippen LogP contribution in [0.15, 0.2) is 167 Å². The number of aliphatic hydroxyl groups excluding tert-OH is 4. The second kappa shape index (κ2) is 54.5. The summed E-state index contributed by atoms with van der Waals surface area (Å²) >= 11 is 0. The fraction of sp³-hybridized carbons (Fsp3) is 0.423. The molecule has 8 aromatic carbocycles. The molecule has 0 spiro atoms. The molecule has 2 aliphatic carbocycles. The SMILES string of the molecule is COCCOc1c2cccc1Cc1cc(C/C(C(C)=O)=C(\C)O)cc(c1OCCOC)Cc1cccc(c1OCCOC)Cc1cc(CC(C(C)=O)=C(C)O)cc(c1OCCOC)C2.COCCOc1c2cccc1Cc1cc(C/C(C(C)=O)=C(\C)O)cc(c1OCCOC)Cc1cccc(c1OCCOC)Cc1cc(CC(C(C)=O)=C(C)O)cc(c1OCCOC)C2.[Cu].[Cu]. The first-order valence-corrected chi connectivity index (χ1v) is 43.3. The van der Waals surface area contributed by atoms with Gasteiger partial charge >= 0.3 is 0 Å². The average Bonchev–Trinajstić information content (AvgIpc) is 0.770. The molecule has 0 amide bonds. The number of carbonyl (C=O) groups is 4. The number of rotatable bonds is 44. The van der Waals surface area contributed by atoms with E-state index in [4.69, 9.17) is 75.8 Å². The molecular formula is C104H128Cu2O24. The summed E-state index contributed by atoms with van der Waals surface area (Å²) in [5.74, 6) is 4.52. The van der Waals surface area contributed by atoms with Crippen molar-refractivity contribution in [2.45, 2.75) is 132 Å². The number of benzene rings is 8. The van der Waals surface area contributed by atoms with Crippen molar-refractivity contribution in [1.29, 1.82) is 0 Å². The number of hydrogen-bond donors (Lipinski definition) is 4. The van der Waals surface area contributed by atoms with Gasteiger partial charge in [0.15, 0.2) is 23.1 Å². The van der Waals surface area contributed by atoms with Crippen LogP contribution >= 0.6 is 0 Å². The van der Waals surface area contributed by atoms with E-state index in [1.54, 1.807) is 56.9 Å². The predicted octanol–water partition coefficient (Wildman–Crippen LogP) is 16.8. The molecule has 130 heavy (non-hydrogen) atoms. The van der Waals surface area contributed by atoms with E-state index in [1.165, 1.54) is 55.4 Å². The summed E-state index contributed by atoms with van der Waals surface area (Å²) in [6, 6.07) is 40.7. The summed E-state index contributed by atoms with van der Waals surface area (Å²) in [6.07, 6.45) is 3.95. The number of hydrogen-bond acceptors (Lipinski definition) is 24. The number of fused-ring (bicyclic) bond motifs is 16. The maximum atomic E-state index is 12.8. The number of Topliss-reactive ketones (excluding diaryl/α,β-unsaturated/α-hetero) is 4. The van der Waals surface area contributed by atoms with E-state index in [1.807, 2.05) is 121 Å². The molecule has 0 atom stereocenters. The Morgan fingerprint density at radius 3 is 0.446 bits per heavy atom. The van der Waals surface area contributed by atoms with Crippen molar-refractivity contribution in [3.63, 3.8) is 0 Å². The second-order valence-electron chi connectivity index (χ2n) is 31.9. The van der Waals surface area contributed by atoms with Crippen LogP contribution < -0.4 is 37.9 Å². The number of ether oxygens (including phenoxy) is 16. The van der Waals surface area contributed by atoms with Crippen LogP contribution in [0.25, 0.3) is 0 Å². The Bertz CT molecular complexity index is 4430. The summed E-state index contributed by atoms with van der Waals surface area (Å²) in [5, 5.41) is 42.6. The average molecular weight is 1890 g/mol. The number of allylic oxidation sites excluding steroid dienone is 8. The van der Waals surface area contributed by atoms with E-state index in [-0.39, 0.29) is 159 Å². The Balaban J connectivity index is 0.000000350. The van der Waals surface area contributed by atoms with Gasteiger partial charge in [0.2, 0.25) is 0 Å². The summed E-state index contributed by atoms with van der Waals surface area (Å²) < 4.78 is 96.7. The van der Waals surface area contributed by atoms with Gasteiger partial charge in [0.1, 0.15) is 98.9 Å². The van der Waals surface area contributed by atoms with E-state index in [2.05, 4.69) is 0 Å². The van der Waals surface area contributed by atoms with Gasteiger partial charge in [-0.15, -0.1) is 0 Å². The van der Waals surface area contributed by atoms with Gasteiger partial charge in [-0.3, -0.25) is 19.2 Å². The maximum Gasteiger partial charge on any atom is 0.159 e. The van der Waals surface area contributed by atoms with E-state index < -0.39 is 0 Å². The van der Waals surface area contributed by atoms with E-state index in [9.17, 15) is 39.6 Å². The van der Waals surface area contributed by atoms with Crippen LogP contribution in [-0.2, 0) is 168 Å². The van der Waals surface area contributed by atoms with Gasteiger partial charge < -0.3 is 96.2 Å². The number of aliphatic hydroxyl groups is 4. The minimum atomic E-state index is -0.210. The molecule has 2 radical (unpaired) electrons. The molecule has 10 rings (SSSR count). The normalized spacial score (nSPS) is 12.9. The molecule has 0 fully saturated rings. The van der Waals surface area contributed by atoms with Crippen molar-refractivity contribution >= 4 is 23.1 Å². The second-order valence-corrected chi connectivity index (χ2v) is 31.9. The Labute approximate surface area is 786 Å². The number of ketones is 4. The number of carbonyl (C=O) groups excluding carboxylic acids is 4. The van der Waals surface area contributed by atoms with Crippen molar-refractivity contribution in [2.24, 2.45) is 0 Å². The van der Waals surface area contributed by atoms with Crippen LogP contribution in [0.4, 0.5) is 0 Å². The zero-order valence-electron chi connectivity index (χ0n) is 77.9. The molecule has 4 N–H and O–H groups in total. The van der Waals surface area contributed by atoms with E-state index in [0.29, 0.717) is 173 Å². The molecule has 16 bridgehead atoms. The maximum absolute atomic E-state index is 12.8. The van der Waals surface area contributed by atoms with Crippen molar-refractivity contribution in [1.82, 2.24) is 0 Å². The largest absolute Gasteiger partial charge is 0.512 e. The molecule has 0 saturated carbocycles. The van der Waals surface area contributed by atoms with Crippen LogP contribution in [0.1, 0.15) is 167 Å². The Morgan fingerprint density at radius 2 is 0.338 bits per heavy atom. The van der Waals surface area contributed by atoms with Crippen LogP contribution in [0, 0.1) is 0 Å². The summed E-state index contributed by atoms with van der Waals surface area (Å²) in [4.78, 5) is 51.4. The first-order chi connectivity index (χ1) is 61.8. The monoisotopic (exact) mass is 1890 g/mol. The molecule has 2 aliphatic rings. The van der Waals surface area contributed by atoms with Crippen molar-refractivity contribution in [2.75, 3.05) is 163 Å². The molecule has 0 aromatic heterocycles. The minimum Gasteiger partial charge on any atom is -0.512 e. The standard InChI is InChI=1S/2C52H64O12.2Cu/c2*1-33(53)47(34(2)54)27-37-23-43-29-39-11-9-13-41(49(39)61-19-15-57-5)31-45-25-38(28-48(35(3)55)36(4)56)26-46(52(45)64-22-18-60-8)32-42-14-10-12-40(50(42)62-20-16-58-6)30-44(24-37)51(43)63-21-17-59-7;;/h2*9-14,23-26,53,55H,15-22,27-32H2,1-8H3;;/b2*47-33-,48-35?;;. The molecule has 710 valence electrons. The predicted molar refractivity (Wildman–Crippen MR) is 492 cm³/mol. The number of para-hydroxylation sites is 4. The summed E-state index contributed by atoms with van der Waals surface area (Å²) in [6.45, 7) is 17.2. The van der Waals surface area contributed by atoms with E-state index >= 15 is 0 Å². The third-order valence-corrected chi connectivity index (χ3v) is 22.2. The van der Waals surface area contributed by atoms with Gasteiger partial charge in [-0.25, -0.2) is 0 Å². The quantitative estimate of drug-likeness (QED) is 0.0119. The molecule has 0 saturated heterocycles. The molecule has 24 nitrogen and oxygen atoms in total. The molecule has 26 heteroatoms. The zero-order valence-corrected chi connectivity index (χ0v) is 79.8. The minimum absolute atomic E-state index is 0. The van der Waals surface area contributed by atoms with Gasteiger partial charge in [-0.2, -0.15) is 0 Å². The summed E-state index contributed by atoms with van der Waals surface area (Å²) in [5.41, 5.74) is 18.6. The van der Waals surface area contributed by atoms with Gasteiger partial charge in [0, 0.05) is 190 Å². The third kappa shape index (κ3) is 30.4. The smallest absolute Gasteiger partial charge is 0.159 e. The van der Waals surface area contributed by atoms with Crippen LogP contribution in [0.3, 0.4) is 0 Å². The fourth-order valence-corrected chi connectivity index (χ4v) is 16.2. The van der Waals surface area contributed by atoms with Gasteiger partial charge in [-0.1, -0.05) is 121 Å². The molecule has 0 heterocycles. The Hall–Kier alpha value is -10.3. The molecule has 0 aliphatic heterocycles. The van der Waals surface area contributed by atoms with Crippen molar-refractivity contribution in [3.8, 4) is 46.0 Å². The third-order valence-electron chi connectivity index (χ3n) is 22.2. The summed E-state index contributed by atoms with van der Waals surface area (Å²) in [7, 11) is 13.1. The van der Waals surface area contributed by atoms with Crippen LogP contribution in [0.2, 0.25) is 0 Å². The zero-order chi connectivity index (χ0) is 92.3. The molecule has 0 unspecified atom stereocenters. The number of methoxy groups -OCH3 is 8. The fourth-order valence-electron chi connectivity index (χ4n) is 16.2. The molecular weight excluding hydrogens is 1760 g/mol. The first-order valence-electron chi connectivity index (χ1n) is 43.3. The van der Waals surface area contributed by atoms with Crippen LogP contribution in [0.5, 0.6) is 46.0 Å².